The first kappa shape index (κ1) is 24.1. The molecule has 1 unspecified atom stereocenters. The van der Waals surface area contributed by atoms with E-state index < -0.39 is 40.0 Å². The maximum atomic E-state index is 13.1. The van der Waals surface area contributed by atoms with Crippen molar-refractivity contribution < 1.29 is 22.0 Å². The fraction of sp³-hybridized carbons (Fsp3) is 0.533. The topological polar surface area (TPSA) is 89.3 Å². The van der Waals surface area contributed by atoms with Gasteiger partial charge in [0, 0.05) is 4.90 Å². The molecule has 0 aliphatic rings. The molecule has 0 aromatic heterocycles. The summed E-state index contributed by atoms with van der Waals surface area (Å²) in [5.41, 5.74) is 4.92. The molecule has 25 heavy (non-hydrogen) atoms. The fourth-order valence-electron chi connectivity index (χ4n) is 1.86. The van der Waals surface area contributed by atoms with Gasteiger partial charge in [-0.3, -0.25) is 4.79 Å². The van der Waals surface area contributed by atoms with Gasteiger partial charge in [0.25, 0.3) is 5.92 Å². The van der Waals surface area contributed by atoms with Gasteiger partial charge < -0.3 is 11.1 Å². The standard InChI is InChI=1S/C15H22F2N2O3S2.ClH/c1-3-8-24(21,22)13-7-5-4-6-12(13)23-11(2)14(20)19-10-15(16,17)9-18;/h4-7,11H,3,8-10,18H2,1-2H3,(H,19,20);1H. The summed E-state index contributed by atoms with van der Waals surface area (Å²) in [6, 6.07) is 6.37. The highest BCUT2D eigenvalue weighted by Gasteiger charge is 2.29. The van der Waals surface area contributed by atoms with Gasteiger partial charge in [-0.05, 0) is 25.5 Å². The largest absolute Gasteiger partial charge is 0.349 e. The minimum absolute atomic E-state index is 0. The number of amides is 1. The van der Waals surface area contributed by atoms with Crippen LogP contribution >= 0.6 is 24.2 Å². The molecule has 3 N–H and O–H groups in total. The normalized spacial score (nSPS) is 13.0. The number of carbonyl (C=O) groups excluding carboxylic acids is 1. The Labute approximate surface area is 157 Å². The van der Waals surface area contributed by atoms with Crippen LogP contribution in [0.25, 0.3) is 0 Å². The highest BCUT2D eigenvalue weighted by molar-refractivity contribution is 8.01. The molecular formula is C15H23ClF2N2O3S2. The summed E-state index contributed by atoms with van der Waals surface area (Å²) >= 11 is 1.02. The van der Waals surface area contributed by atoms with E-state index in [4.69, 9.17) is 5.73 Å². The molecule has 144 valence electrons. The molecule has 1 aromatic rings. The van der Waals surface area contributed by atoms with E-state index in [1.54, 1.807) is 25.1 Å². The summed E-state index contributed by atoms with van der Waals surface area (Å²) in [4.78, 5) is 12.5. The average molecular weight is 417 g/mol. The molecule has 0 radical (unpaired) electrons. The lowest BCUT2D eigenvalue weighted by atomic mass is 10.3. The first-order chi connectivity index (χ1) is 11.1. The molecule has 0 fully saturated rings. The van der Waals surface area contributed by atoms with Crippen LogP contribution in [0.4, 0.5) is 8.78 Å². The minimum atomic E-state index is -3.44. The summed E-state index contributed by atoms with van der Waals surface area (Å²) in [5.74, 6) is -3.76. The third-order valence-corrected chi connectivity index (χ3v) is 6.43. The molecule has 1 aromatic carbocycles. The Morgan fingerprint density at radius 2 is 1.96 bits per heavy atom. The molecule has 1 amide bonds. The smallest absolute Gasteiger partial charge is 0.277 e. The second-order valence-electron chi connectivity index (χ2n) is 5.30. The summed E-state index contributed by atoms with van der Waals surface area (Å²) in [5, 5.41) is 1.41. The summed E-state index contributed by atoms with van der Waals surface area (Å²) < 4.78 is 50.7. The molecule has 0 aliphatic heterocycles. The first-order valence-electron chi connectivity index (χ1n) is 7.47. The van der Waals surface area contributed by atoms with Gasteiger partial charge in [-0.2, -0.15) is 0 Å². The zero-order valence-electron chi connectivity index (χ0n) is 14.0. The van der Waals surface area contributed by atoms with Gasteiger partial charge in [-0.25, -0.2) is 17.2 Å². The second-order valence-corrected chi connectivity index (χ2v) is 8.76. The highest BCUT2D eigenvalue weighted by Crippen LogP contribution is 2.30. The summed E-state index contributed by atoms with van der Waals surface area (Å²) in [7, 11) is -3.44. The lowest BCUT2D eigenvalue weighted by Crippen LogP contribution is -2.43. The highest BCUT2D eigenvalue weighted by atomic mass is 35.5. The van der Waals surface area contributed by atoms with Crippen LogP contribution in [-0.2, 0) is 14.6 Å². The molecule has 1 atom stereocenters. The van der Waals surface area contributed by atoms with Crippen LogP contribution in [0, 0.1) is 0 Å². The third kappa shape index (κ3) is 7.47. The molecule has 5 nitrogen and oxygen atoms in total. The maximum Gasteiger partial charge on any atom is 0.277 e. The molecule has 0 saturated heterocycles. The number of hydrogen-bond donors (Lipinski definition) is 2. The van der Waals surface area contributed by atoms with Crippen LogP contribution in [0.1, 0.15) is 20.3 Å². The number of alkyl halides is 2. The van der Waals surface area contributed by atoms with Gasteiger partial charge in [0.15, 0.2) is 9.84 Å². The van der Waals surface area contributed by atoms with Crippen molar-refractivity contribution in [1.29, 1.82) is 0 Å². The van der Waals surface area contributed by atoms with Crippen LogP contribution in [0.15, 0.2) is 34.1 Å². The summed E-state index contributed by atoms with van der Waals surface area (Å²) in [6.45, 7) is 1.60. The fourth-order valence-corrected chi connectivity index (χ4v) is 4.72. The molecule has 0 saturated carbocycles. The zero-order chi connectivity index (χ0) is 18.4. The van der Waals surface area contributed by atoms with Crippen molar-refractivity contribution >= 4 is 39.9 Å². The number of thioether (sulfide) groups is 1. The van der Waals surface area contributed by atoms with Crippen LogP contribution < -0.4 is 11.1 Å². The van der Waals surface area contributed by atoms with Crippen molar-refractivity contribution in [2.24, 2.45) is 5.73 Å². The van der Waals surface area contributed by atoms with Crippen LogP contribution in [0.2, 0.25) is 0 Å². The maximum absolute atomic E-state index is 13.1. The lowest BCUT2D eigenvalue weighted by Gasteiger charge is -2.18. The van der Waals surface area contributed by atoms with Crippen LogP contribution in [0.3, 0.4) is 0 Å². The number of carbonyl (C=O) groups is 1. The Balaban J connectivity index is 0.00000576. The van der Waals surface area contributed by atoms with E-state index in [0.29, 0.717) is 11.3 Å². The van der Waals surface area contributed by atoms with Crippen molar-refractivity contribution in [1.82, 2.24) is 5.32 Å². The number of nitrogens with two attached hydrogens (primary N) is 1. The minimum Gasteiger partial charge on any atom is -0.349 e. The first-order valence-corrected chi connectivity index (χ1v) is 10.00. The molecular weight excluding hydrogens is 394 g/mol. The molecule has 0 heterocycles. The van der Waals surface area contributed by atoms with E-state index in [1.807, 2.05) is 0 Å². The van der Waals surface area contributed by atoms with Gasteiger partial charge in [-0.1, -0.05) is 19.1 Å². The Kier molecular flexibility index (Phi) is 9.93. The summed E-state index contributed by atoms with van der Waals surface area (Å²) in [6.07, 6.45) is 0.478. The van der Waals surface area contributed by atoms with E-state index >= 15 is 0 Å². The third-order valence-electron chi connectivity index (χ3n) is 3.15. The SMILES string of the molecule is CCCS(=O)(=O)c1ccccc1SC(C)C(=O)NCC(F)(F)CN.Cl. The molecule has 0 bridgehead atoms. The number of halogens is 3. The lowest BCUT2D eigenvalue weighted by molar-refractivity contribution is -0.122. The Morgan fingerprint density at radius 1 is 1.36 bits per heavy atom. The quantitative estimate of drug-likeness (QED) is 0.603. The Bertz CT molecular complexity index is 672. The predicted octanol–water partition coefficient (Wildman–Crippen LogP) is 2.48. The molecule has 0 aliphatic carbocycles. The zero-order valence-corrected chi connectivity index (χ0v) is 16.4. The van der Waals surface area contributed by atoms with Crippen molar-refractivity contribution in [3.8, 4) is 0 Å². The van der Waals surface area contributed by atoms with E-state index in [2.05, 4.69) is 5.32 Å². The number of sulfone groups is 1. The van der Waals surface area contributed by atoms with E-state index in [0.717, 1.165) is 11.8 Å². The number of nitrogens with one attached hydrogen (secondary N) is 1. The van der Waals surface area contributed by atoms with Crippen molar-refractivity contribution in [2.45, 2.75) is 41.2 Å². The molecule has 1 rings (SSSR count). The number of benzene rings is 1. The molecule has 10 heteroatoms. The molecule has 0 spiro atoms. The Morgan fingerprint density at radius 3 is 2.52 bits per heavy atom. The van der Waals surface area contributed by atoms with E-state index in [-0.39, 0.29) is 23.1 Å². The van der Waals surface area contributed by atoms with Crippen molar-refractivity contribution in [2.75, 3.05) is 18.8 Å². The van der Waals surface area contributed by atoms with Gasteiger partial charge in [-0.15, -0.1) is 24.2 Å². The van der Waals surface area contributed by atoms with Crippen LogP contribution in [-0.4, -0.2) is 44.3 Å². The van der Waals surface area contributed by atoms with Gasteiger partial charge >= 0.3 is 0 Å². The van der Waals surface area contributed by atoms with Crippen LogP contribution in [0.5, 0.6) is 0 Å². The van der Waals surface area contributed by atoms with Gasteiger partial charge in [0.1, 0.15) is 0 Å². The van der Waals surface area contributed by atoms with Crippen molar-refractivity contribution in [3.63, 3.8) is 0 Å². The second kappa shape index (κ2) is 10.3. The average Bonchev–Trinajstić information content (AvgIpc) is 2.53. The Hall–Kier alpha value is -0.900. The van der Waals surface area contributed by atoms with Gasteiger partial charge in [0.2, 0.25) is 5.91 Å². The van der Waals surface area contributed by atoms with Crippen molar-refractivity contribution in [3.05, 3.63) is 24.3 Å². The predicted molar refractivity (Wildman–Crippen MR) is 98.4 cm³/mol. The van der Waals surface area contributed by atoms with E-state index in [1.165, 1.54) is 13.0 Å². The monoisotopic (exact) mass is 416 g/mol. The van der Waals surface area contributed by atoms with E-state index in [9.17, 15) is 22.0 Å². The number of hydrogen-bond acceptors (Lipinski definition) is 5. The van der Waals surface area contributed by atoms with Gasteiger partial charge in [0.05, 0.1) is 29.0 Å². The number of rotatable bonds is 9.